The van der Waals surface area contributed by atoms with E-state index in [0.717, 1.165) is 27.8 Å². The maximum Gasteiger partial charge on any atom is 0.0641 e. The summed E-state index contributed by atoms with van der Waals surface area (Å²) in [6.45, 7) is 3.07. The summed E-state index contributed by atoms with van der Waals surface area (Å²) in [7, 11) is 0. The summed E-state index contributed by atoms with van der Waals surface area (Å²) in [5.41, 5.74) is 2.17. The van der Waals surface area contributed by atoms with Crippen LogP contribution in [-0.2, 0) is 0 Å². The molecule has 2 rings (SSSR count). The van der Waals surface area contributed by atoms with Gasteiger partial charge in [0.15, 0.2) is 0 Å². The number of fused-ring (bicyclic) bond motifs is 1. The van der Waals surface area contributed by atoms with Gasteiger partial charge >= 0.3 is 0 Å². The fourth-order valence-corrected chi connectivity index (χ4v) is 2.16. The lowest BCUT2D eigenvalue weighted by atomic mass is 10.0. The predicted molar refractivity (Wildman–Crippen MR) is 53.4 cm³/mol. The minimum Gasteiger partial charge on any atom is -0.383 e. The average molecular weight is 202 g/mol. The van der Waals surface area contributed by atoms with Crippen molar-refractivity contribution in [1.82, 2.24) is 0 Å². The molecule has 1 aliphatic rings. The summed E-state index contributed by atoms with van der Waals surface area (Å²) in [5, 5.41) is 4.82. The van der Waals surface area contributed by atoms with Crippen molar-refractivity contribution >= 4 is 28.9 Å². The number of rotatable bonds is 0. The normalized spacial score (nSPS) is 20.4. The Hall–Kier alpha value is -0.400. The molecule has 1 aromatic rings. The van der Waals surface area contributed by atoms with E-state index in [0.29, 0.717) is 5.92 Å². The molecule has 64 valence electrons. The lowest BCUT2D eigenvalue weighted by Crippen LogP contribution is -1.96. The summed E-state index contributed by atoms with van der Waals surface area (Å²) in [5.74, 6) is 0.464. The largest absolute Gasteiger partial charge is 0.383 e. The van der Waals surface area contributed by atoms with E-state index in [-0.39, 0.29) is 0 Å². The monoisotopic (exact) mass is 201 g/mol. The van der Waals surface area contributed by atoms with E-state index in [9.17, 15) is 0 Å². The van der Waals surface area contributed by atoms with Crippen molar-refractivity contribution < 1.29 is 0 Å². The SMILES string of the molecule is CC1CNc2c(Cl)ccc(Cl)c21. The molecular weight excluding hydrogens is 193 g/mol. The molecule has 0 spiro atoms. The zero-order valence-corrected chi connectivity index (χ0v) is 8.21. The van der Waals surface area contributed by atoms with E-state index in [1.807, 2.05) is 12.1 Å². The van der Waals surface area contributed by atoms with Gasteiger partial charge in [-0.1, -0.05) is 30.1 Å². The minimum absolute atomic E-state index is 0.464. The molecule has 0 aliphatic carbocycles. The Balaban J connectivity index is 2.64. The Labute approximate surface area is 81.7 Å². The molecule has 3 heteroatoms. The first-order valence-corrected chi connectivity index (χ1v) is 4.67. The first kappa shape index (κ1) is 8.21. The van der Waals surface area contributed by atoms with Gasteiger partial charge in [0.25, 0.3) is 0 Å². The van der Waals surface area contributed by atoms with Crippen LogP contribution in [0, 0.1) is 0 Å². The summed E-state index contributed by atoms with van der Waals surface area (Å²) < 4.78 is 0. The van der Waals surface area contributed by atoms with Crippen LogP contribution in [0.1, 0.15) is 18.4 Å². The molecule has 0 radical (unpaired) electrons. The van der Waals surface area contributed by atoms with Crippen molar-refractivity contribution in [2.24, 2.45) is 0 Å². The first-order chi connectivity index (χ1) is 5.70. The van der Waals surface area contributed by atoms with Crippen LogP contribution in [-0.4, -0.2) is 6.54 Å². The second kappa shape index (κ2) is 2.82. The summed E-state index contributed by atoms with van der Waals surface area (Å²) in [6.07, 6.45) is 0. The standard InChI is InChI=1S/C9H9Cl2N/c1-5-4-12-9-7(11)3-2-6(10)8(5)9/h2-3,5,12H,4H2,1H3. The molecule has 1 atom stereocenters. The third kappa shape index (κ3) is 1.08. The van der Waals surface area contributed by atoms with Gasteiger partial charge in [-0.05, 0) is 17.7 Å². The third-order valence-electron chi connectivity index (χ3n) is 2.22. The lowest BCUT2D eigenvalue weighted by Gasteiger charge is -2.05. The minimum atomic E-state index is 0.464. The summed E-state index contributed by atoms with van der Waals surface area (Å²) in [4.78, 5) is 0. The van der Waals surface area contributed by atoms with E-state index in [2.05, 4.69) is 12.2 Å². The van der Waals surface area contributed by atoms with Gasteiger partial charge in [0.1, 0.15) is 0 Å². The van der Waals surface area contributed by atoms with Gasteiger partial charge in [0.05, 0.1) is 10.7 Å². The maximum atomic E-state index is 6.04. The molecule has 1 aliphatic heterocycles. The fraction of sp³-hybridized carbons (Fsp3) is 0.333. The van der Waals surface area contributed by atoms with Crippen LogP contribution in [0.2, 0.25) is 10.0 Å². The van der Waals surface area contributed by atoms with Gasteiger partial charge in [-0.3, -0.25) is 0 Å². The molecule has 0 bridgehead atoms. The molecular formula is C9H9Cl2N. The van der Waals surface area contributed by atoms with Crippen molar-refractivity contribution in [3.05, 3.63) is 27.7 Å². The van der Waals surface area contributed by atoms with Crippen LogP contribution >= 0.6 is 23.2 Å². The first-order valence-electron chi connectivity index (χ1n) is 3.92. The van der Waals surface area contributed by atoms with Crippen molar-refractivity contribution in [3.63, 3.8) is 0 Å². The highest BCUT2D eigenvalue weighted by Gasteiger charge is 2.22. The second-order valence-electron chi connectivity index (χ2n) is 3.10. The fourth-order valence-electron chi connectivity index (χ4n) is 1.59. The summed E-state index contributed by atoms with van der Waals surface area (Å²) in [6, 6.07) is 3.68. The van der Waals surface area contributed by atoms with E-state index in [1.165, 1.54) is 0 Å². The van der Waals surface area contributed by atoms with E-state index in [4.69, 9.17) is 23.2 Å². The van der Waals surface area contributed by atoms with Crippen molar-refractivity contribution in [1.29, 1.82) is 0 Å². The Kier molecular flexibility index (Phi) is 1.93. The van der Waals surface area contributed by atoms with Gasteiger partial charge in [0.2, 0.25) is 0 Å². The van der Waals surface area contributed by atoms with Crippen LogP contribution in [0.3, 0.4) is 0 Å². The second-order valence-corrected chi connectivity index (χ2v) is 3.91. The highest BCUT2D eigenvalue weighted by atomic mass is 35.5. The highest BCUT2D eigenvalue weighted by molar-refractivity contribution is 6.36. The van der Waals surface area contributed by atoms with Gasteiger partial charge in [-0.2, -0.15) is 0 Å². The third-order valence-corrected chi connectivity index (χ3v) is 2.86. The van der Waals surface area contributed by atoms with Crippen LogP contribution in [0.25, 0.3) is 0 Å². The maximum absolute atomic E-state index is 6.04. The number of halogens is 2. The van der Waals surface area contributed by atoms with Crippen LogP contribution in [0.15, 0.2) is 12.1 Å². The molecule has 1 unspecified atom stereocenters. The summed E-state index contributed by atoms with van der Waals surface area (Å²) >= 11 is 12.0. The Bertz CT molecular complexity index is 323. The van der Waals surface area contributed by atoms with Crippen LogP contribution < -0.4 is 5.32 Å². The number of benzene rings is 1. The van der Waals surface area contributed by atoms with Gasteiger partial charge < -0.3 is 5.32 Å². The molecule has 1 nitrogen and oxygen atoms in total. The van der Waals surface area contributed by atoms with Crippen LogP contribution in [0.5, 0.6) is 0 Å². The Morgan fingerprint density at radius 2 is 2.00 bits per heavy atom. The van der Waals surface area contributed by atoms with Gasteiger partial charge in [-0.15, -0.1) is 0 Å². The van der Waals surface area contributed by atoms with Gasteiger partial charge in [0, 0.05) is 17.5 Å². The zero-order valence-electron chi connectivity index (χ0n) is 6.70. The molecule has 1 aromatic carbocycles. The predicted octanol–water partition coefficient (Wildman–Crippen LogP) is 3.52. The van der Waals surface area contributed by atoms with E-state index >= 15 is 0 Å². The molecule has 0 amide bonds. The van der Waals surface area contributed by atoms with Gasteiger partial charge in [-0.25, -0.2) is 0 Å². The number of nitrogens with one attached hydrogen (secondary N) is 1. The Morgan fingerprint density at radius 3 is 2.67 bits per heavy atom. The van der Waals surface area contributed by atoms with Crippen molar-refractivity contribution in [2.45, 2.75) is 12.8 Å². The Morgan fingerprint density at radius 1 is 1.33 bits per heavy atom. The molecule has 12 heavy (non-hydrogen) atoms. The molecule has 0 saturated heterocycles. The van der Waals surface area contributed by atoms with Crippen molar-refractivity contribution in [2.75, 3.05) is 11.9 Å². The van der Waals surface area contributed by atoms with E-state index < -0.39 is 0 Å². The number of anilines is 1. The van der Waals surface area contributed by atoms with E-state index in [1.54, 1.807) is 0 Å². The average Bonchev–Trinajstić information content (AvgIpc) is 2.42. The molecule has 0 aromatic heterocycles. The molecule has 1 N–H and O–H groups in total. The van der Waals surface area contributed by atoms with Crippen molar-refractivity contribution in [3.8, 4) is 0 Å². The number of hydrogen-bond donors (Lipinski definition) is 1. The molecule has 0 saturated carbocycles. The quantitative estimate of drug-likeness (QED) is 0.678. The number of hydrogen-bond acceptors (Lipinski definition) is 1. The van der Waals surface area contributed by atoms with Crippen LogP contribution in [0.4, 0.5) is 5.69 Å². The lowest BCUT2D eigenvalue weighted by molar-refractivity contribution is 0.854. The highest BCUT2D eigenvalue weighted by Crippen LogP contribution is 2.40. The topological polar surface area (TPSA) is 12.0 Å². The smallest absolute Gasteiger partial charge is 0.0641 e. The molecule has 0 fully saturated rings. The molecule has 1 heterocycles. The zero-order chi connectivity index (χ0) is 8.72.